The third-order valence-corrected chi connectivity index (χ3v) is 2.56. The Hall–Kier alpha value is -0.550. The first-order valence-corrected chi connectivity index (χ1v) is 4.93. The molecule has 0 aliphatic rings. The van der Waals surface area contributed by atoms with E-state index in [4.69, 9.17) is 9.52 Å². The highest BCUT2D eigenvalue weighted by Crippen LogP contribution is 2.20. The van der Waals surface area contributed by atoms with Gasteiger partial charge in [0, 0.05) is 5.75 Å². The molecule has 5 heteroatoms. The number of aliphatic hydroxyl groups is 1. The number of aryl methyl sites for hydroxylation is 2. The number of alkyl halides is 1. The minimum atomic E-state index is -0.933. The van der Waals surface area contributed by atoms with Crippen molar-refractivity contribution >= 4 is 11.8 Å². The standard InChI is InChI=1S/C8H12FNO2S/c1-5-6(2)12-8(10-5)13-4-7(11)3-9/h7,11H,3-4H2,1-2H3. The summed E-state index contributed by atoms with van der Waals surface area (Å²) in [6.07, 6.45) is -0.933. The van der Waals surface area contributed by atoms with E-state index in [-0.39, 0.29) is 5.75 Å². The molecular formula is C8H12FNO2S. The maximum absolute atomic E-state index is 11.9. The van der Waals surface area contributed by atoms with Gasteiger partial charge in [-0.25, -0.2) is 9.37 Å². The number of thioether (sulfide) groups is 1. The summed E-state index contributed by atoms with van der Waals surface area (Å²) >= 11 is 1.22. The SMILES string of the molecule is Cc1nc(SCC(O)CF)oc1C. The van der Waals surface area contributed by atoms with E-state index in [0.717, 1.165) is 11.5 Å². The van der Waals surface area contributed by atoms with E-state index in [2.05, 4.69) is 4.98 Å². The zero-order chi connectivity index (χ0) is 9.84. The van der Waals surface area contributed by atoms with E-state index in [1.807, 2.05) is 13.8 Å². The van der Waals surface area contributed by atoms with Crippen LogP contribution in [-0.2, 0) is 0 Å². The van der Waals surface area contributed by atoms with E-state index in [1.54, 1.807) is 0 Å². The molecule has 0 saturated carbocycles. The fourth-order valence-electron chi connectivity index (χ4n) is 0.717. The van der Waals surface area contributed by atoms with Crippen LogP contribution in [0.15, 0.2) is 9.64 Å². The summed E-state index contributed by atoms with van der Waals surface area (Å²) in [5, 5.41) is 9.42. The molecule has 1 aromatic heterocycles. The Bertz CT molecular complexity index is 258. The first-order chi connectivity index (χ1) is 6.13. The second kappa shape index (κ2) is 4.62. The van der Waals surface area contributed by atoms with Crippen molar-refractivity contribution in [2.75, 3.05) is 12.4 Å². The number of oxazole rings is 1. The Kier molecular flexibility index (Phi) is 3.74. The Labute approximate surface area is 80.4 Å². The Morgan fingerprint density at radius 1 is 1.62 bits per heavy atom. The normalized spacial score (nSPS) is 13.2. The lowest BCUT2D eigenvalue weighted by Gasteiger charge is -2.01. The minimum absolute atomic E-state index is 0.274. The van der Waals surface area contributed by atoms with Crippen LogP contribution in [0.1, 0.15) is 11.5 Å². The zero-order valence-corrected chi connectivity index (χ0v) is 8.40. The van der Waals surface area contributed by atoms with Crippen LogP contribution >= 0.6 is 11.8 Å². The molecule has 0 aliphatic carbocycles. The third-order valence-electron chi connectivity index (χ3n) is 1.59. The van der Waals surface area contributed by atoms with Gasteiger partial charge in [-0.05, 0) is 13.8 Å². The molecule has 0 spiro atoms. The molecule has 1 unspecified atom stereocenters. The van der Waals surface area contributed by atoms with Gasteiger partial charge >= 0.3 is 0 Å². The number of aromatic nitrogens is 1. The van der Waals surface area contributed by atoms with Gasteiger partial charge in [0.1, 0.15) is 12.4 Å². The first-order valence-electron chi connectivity index (χ1n) is 3.94. The molecule has 0 radical (unpaired) electrons. The Morgan fingerprint density at radius 2 is 2.31 bits per heavy atom. The molecule has 1 heterocycles. The topological polar surface area (TPSA) is 46.3 Å². The quantitative estimate of drug-likeness (QED) is 0.760. The number of nitrogens with zero attached hydrogens (tertiary/aromatic N) is 1. The molecule has 0 aliphatic heterocycles. The summed E-state index contributed by atoms with van der Waals surface area (Å²) < 4.78 is 17.1. The molecular weight excluding hydrogens is 193 g/mol. The van der Waals surface area contributed by atoms with Gasteiger partial charge in [-0.2, -0.15) is 0 Å². The van der Waals surface area contributed by atoms with Crippen molar-refractivity contribution in [1.82, 2.24) is 4.98 Å². The summed E-state index contributed by atoms with van der Waals surface area (Å²) in [6, 6.07) is 0. The average Bonchev–Trinajstić information content (AvgIpc) is 2.42. The minimum Gasteiger partial charge on any atom is -0.437 e. The van der Waals surface area contributed by atoms with Crippen LogP contribution in [0.2, 0.25) is 0 Å². The highest BCUT2D eigenvalue weighted by Gasteiger charge is 2.09. The van der Waals surface area contributed by atoms with Gasteiger partial charge in [-0.15, -0.1) is 0 Å². The van der Waals surface area contributed by atoms with Crippen LogP contribution in [0.5, 0.6) is 0 Å². The largest absolute Gasteiger partial charge is 0.437 e. The third kappa shape index (κ3) is 3.00. The lowest BCUT2D eigenvalue weighted by Crippen LogP contribution is -2.11. The molecule has 0 saturated heterocycles. The number of hydrogen-bond acceptors (Lipinski definition) is 4. The first kappa shape index (κ1) is 10.5. The van der Waals surface area contributed by atoms with Gasteiger partial charge in [0.05, 0.1) is 11.8 Å². The van der Waals surface area contributed by atoms with Crippen molar-refractivity contribution in [3.8, 4) is 0 Å². The zero-order valence-electron chi connectivity index (χ0n) is 7.58. The van der Waals surface area contributed by atoms with E-state index >= 15 is 0 Å². The van der Waals surface area contributed by atoms with Crippen LogP contribution in [0, 0.1) is 13.8 Å². The molecule has 0 amide bonds. The summed E-state index contributed by atoms with van der Waals surface area (Å²) in [5.41, 5.74) is 0.831. The van der Waals surface area contributed by atoms with Crippen LogP contribution in [-0.4, -0.2) is 28.6 Å². The van der Waals surface area contributed by atoms with Gasteiger partial charge in [0.25, 0.3) is 5.22 Å². The highest BCUT2D eigenvalue weighted by atomic mass is 32.2. The van der Waals surface area contributed by atoms with Crippen molar-refractivity contribution in [3.63, 3.8) is 0 Å². The van der Waals surface area contributed by atoms with Crippen LogP contribution in [0.25, 0.3) is 0 Å². The van der Waals surface area contributed by atoms with Crippen molar-refractivity contribution in [1.29, 1.82) is 0 Å². The van der Waals surface area contributed by atoms with Crippen LogP contribution in [0.4, 0.5) is 4.39 Å². The number of rotatable bonds is 4. The van der Waals surface area contributed by atoms with Crippen LogP contribution in [0.3, 0.4) is 0 Å². The summed E-state index contributed by atoms with van der Waals surface area (Å²) in [7, 11) is 0. The molecule has 1 N–H and O–H groups in total. The number of halogens is 1. The van der Waals surface area contributed by atoms with Crippen LogP contribution < -0.4 is 0 Å². The highest BCUT2D eigenvalue weighted by molar-refractivity contribution is 7.99. The predicted molar refractivity (Wildman–Crippen MR) is 48.7 cm³/mol. The molecule has 1 aromatic rings. The van der Waals surface area contributed by atoms with Crippen molar-refractivity contribution in [3.05, 3.63) is 11.5 Å². The molecule has 3 nitrogen and oxygen atoms in total. The van der Waals surface area contributed by atoms with Gasteiger partial charge in [-0.1, -0.05) is 11.8 Å². The molecule has 13 heavy (non-hydrogen) atoms. The second-order valence-corrected chi connectivity index (χ2v) is 3.71. The monoisotopic (exact) mass is 205 g/mol. The van der Waals surface area contributed by atoms with Gasteiger partial charge in [0.15, 0.2) is 0 Å². The molecule has 0 aromatic carbocycles. The Morgan fingerprint density at radius 3 is 2.77 bits per heavy atom. The summed E-state index contributed by atoms with van der Waals surface area (Å²) in [6.45, 7) is 2.93. The van der Waals surface area contributed by atoms with Gasteiger partial charge in [0.2, 0.25) is 0 Å². The molecule has 0 bridgehead atoms. The van der Waals surface area contributed by atoms with Gasteiger partial charge in [-0.3, -0.25) is 0 Å². The van der Waals surface area contributed by atoms with E-state index in [0.29, 0.717) is 5.22 Å². The fourth-order valence-corrected chi connectivity index (χ4v) is 1.53. The maximum Gasteiger partial charge on any atom is 0.256 e. The fraction of sp³-hybridized carbons (Fsp3) is 0.625. The molecule has 74 valence electrons. The van der Waals surface area contributed by atoms with E-state index in [1.165, 1.54) is 11.8 Å². The lowest BCUT2D eigenvalue weighted by atomic mass is 10.4. The maximum atomic E-state index is 11.9. The second-order valence-electron chi connectivity index (χ2n) is 2.74. The Balaban J connectivity index is 2.45. The lowest BCUT2D eigenvalue weighted by molar-refractivity contribution is 0.162. The molecule has 0 fully saturated rings. The van der Waals surface area contributed by atoms with Gasteiger partial charge < -0.3 is 9.52 Å². The number of hydrogen-bond donors (Lipinski definition) is 1. The van der Waals surface area contributed by atoms with E-state index in [9.17, 15) is 4.39 Å². The summed E-state index contributed by atoms with van der Waals surface area (Å²) in [4.78, 5) is 4.08. The predicted octanol–water partition coefficient (Wildman–Crippen LogP) is 1.71. The van der Waals surface area contributed by atoms with E-state index < -0.39 is 12.8 Å². The smallest absolute Gasteiger partial charge is 0.256 e. The molecule has 1 atom stereocenters. The van der Waals surface area contributed by atoms with Crippen molar-refractivity contribution < 1.29 is 13.9 Å². The number of aliphatic hydroxyl groups excluding tert-OH is 1. The van der Waals surface area contributed by atoms with Crippen molar-refractivity contribution in [2.45, 2.75) is 25.2 Å². The average molecular weight is 205 g/mol. The molecule has 1 rings (SSSR count). The summed E-state index contributed by atoms with van der Waals surface area (Å²) in [5.74, 6) is 1.04. The van der Waals surface area contributed by atoms with Crippen molar-refractivity contribution in [2.24, 2.45) is 0 Å².